The molecular formula is C17H24N4O3. The molecule has 2 fully saturated rings. The number of aromatic nitrogens is 1. The number of hydrogen-bond acceptors (Lipinski definition) is 3. The Labute approximate surface area is 141 Å². The average Bonchev–Trinajstić information content (AvgIpc) is 3.39. The average molecular weight is 332 g/mol. The van der Waals surface area contributed by atoms with Crippen molar-refractivity contribution in [2.45, 2.75) is 25.8 Å². The summed E-state index contributed by atoms with van der Waals surface area (Å²) in [5.74, 6) is -0.218. The third-order valence-corrected chi connectivity index (χ3v) is 4.70. The molecule has 1 aromatic rings. The maximum absolute atomic E-state index is 12.8. The molecule has 0 spiro atoms. The second kappa shape index (κ2) is 6.30. The van der Waals surface area contributed by atoms with E-state index in [4.69, 9.17) is 0 Å². The van der Waals surface area contributed by atoms with E-state index in [9.17, 15) is 14.4 Å². The van der Waals surface area contributed by atoms with Gasteiger partial charge in [0.25, 0.3) is 11.5 Å². The first-order chi connectivity index (χ1) is 11.4. The van der Waals surface area contributed by atoms with E-state index in [0.717, 1.165) is 12.8 Å². The van der Waals surface area contributed by atoms with Crippen molar-refractivity contribution in [3.8, 4) is 0 Å². The van der Waals surface area contributed by atoms with E-state index in [-0.39, 0.29) is 29.1 Å². The molecule has 0 atom stereocenters. The van der Waals surface area contributed by atoms with Crippen LogP contribution in [0.4, 0.5) is 4.79 Å². The first kappa shape index (κ1) is 16.5. The van der Waals surface area contributed by atoms with E-state index in [1.54, 1.807) is 41.6 Å². The maximum atomic E-state index is 12.8. The SMILES string of the molecule is Cc1ccn(C2CC2)c(=O)c1C(=O)N1CCN(C(=O)N(C)C)CC1. The van der Waals surface area contributed by atoms with Crippen LogP contribution in [0.1, 0.15) is 34.8 Å². The van der Waals surface area contributed by atoms with Gasteiger partial charge in [0.1, 0.15) is 5.56 Å². The summed E-state index contributed by atoms with van der Waals surface area (Å²) in [5, 5.41) is 0. The van der Waals surface area contributed by atoms with Gasteiger partial charge >= 0.3 is 6.03 Å². The summed E-state index contributed by atoms with van der Waals surface area (Å²) >= 11 is 0. The van der Waals surface area contributed by atoms with Gasteiger partial charge < -0.3 is 19.3 Å². The second-order valence-corrected chi connectivity index (χ2v) is 6.77. The number of pyridine rings is 1. The van der Waals surface area contributed by atoms with Gasteiger partial charge in [-0.05, 0) is 31.4 Å². The van der Waals surface area contributed by atoms with Crippen LogP contribution in [0.3, 0.4) is 0 Å². The van der Waals surface area contributed by atoms with Crippen LogP contribution in [-0.4, -0.2) is 71.5 Å². The molecule has 7 heteroatoms. The first-order valence-electron chi connectivity index (χ1n) is 8.37. The van der Waals surface area contributed by atoms with Gasteiger partial charge in [-0.3, -0.25) is 9.59 Å². The van der Waals surface area contributed by atoms with Crippen molar-refractivity contribution in [3.63, 3.8) is 0 Å². The van der Waals surface area contributed by atoms with Crippen molar-refractivity contribution in [1.82, 2.24) is 19.3 Å². The van der Waals surface area contributed by atoms with Crippen LogP contribution in [0.25, 0.3) is 0 Å². The van der Waals surface area contributed by atoms with Gasteiger partial charge in [-0.1, -0.05) is 0 Å². The molecule has 0 radical (unpaired) electrons. The Balaban J connectivity index is 1.75. The van der Waals surface area contributed by atoms with Gasteiger partial charge in [0.15, 0.2) is 0 Å². The van der Waals surface area contributed by atoms with Crippen LogP contribution < -0.4 is 5.56 Å². The van der Waals surface area contributed by atoms with Crippen LogP contribution in [0, 0.1) is 6.92 Å². The van der Waals surface area contributed by atoms with Crippen molar-refractivity contribution in [2.24, 2.45) is 0 Å². The highest BCUT2D eigenvalue weighted by Gasteiger charge is 2.30. The highest BCUT2D eigenvalue weighted by molar-refractivity contribution is 5.95. The third-order valence-electron chi connectivity index (χ3n) is 4.70. The number of urea groups is 1. The van der Waals surface area contributed by atoms with Crippen LogP contribution in [0.5, 0.6) is 0 Å². The number of rotatable bonds is 2. The maximum Gasteiger partial charge on any atom is 0.319 e. The number of amides is 3. The quantitative estimate of drug-likeness (QED) is 0.809. The summed E-state index contributed by atoms with van der Waals surface area (Å²) in [6.45, 7) is 3.69. The molecule has 130 valence electrons. The van der Waals surface area contributed by atoms with Crippen molar-refractivity contribution < 1.29 is 9.59 Å². The number of nitrogens with zero attached hydrogens (tertiary/aromatic N) is 4. The molecule has 0 N–H and O–H groups in total. The number of carbonyl (C=O) groups excluding carboxylic acids is 2. The lowest BCUT2D eigenvalue weighted by Crippen LogP contribution is -2.53. The lowest BCUT2D eigenvalue weighted by molar-refractivity contribution is 0.0647. The lowest BCUT2D eigenvalue weighted by Gasteiger charge is -2.36. The molecular weight excluding hydrogens is 308 g/mol. The smallest absolute Gasteiger partial charge is 0.319 e. The molecule has 24 heavy (non-hydrogen) atoms. The Hall–Kier alpha value is -2.31. The summed E-state index contributed by atoms with van der Waals surface area (Å²) in [7, 11) is 3.43. The fourth-order valence-electron chi connectivity index (χ4n) is 3.08. The van der Waals surface area contributed by atoms with Crippen molar-refractivity contribution in [2.75, 3.05) is 40.3 Å². The van der Waals surface area contributed by atoms with E-state index >= 15 is 0 Å². The summed E-state index contributed by atoms with van der Waals surface area (Å²) < 4.78 is 1.69. The van der Waals surface area contributed by atoms with Gasteiger partial charge in [0.05, 0.1) is 0 Å². The van der Waals surface area contributed by atoms with Crippen LogP contribution in [0.15, 0.2) is 17.1 Å². The second-order valence-electron chi connectivity index (χ2n) is 6.77. The largest absolute Gasteiger partial charge is 0.335 e. The zero-order chi connectivity index (χ0) is 17.4. The Bertz CT molecular complexity index is 713. The van der Waals surface area contributed by atoms with E-state index in [1.807, 2.05) is 6.07 Å². The van der Waals surface area contributed by atoms with Crippen molar-refractivity contribution in [1.29, 1.82) is 0 Å². The zero-order valence-electron chi connectivity index (χ0n) is 14.5. The molecule has 1 saturated carbocycles. The molecule has 1 aliphatic heterocycles. The molecule has 0 unspecified atom stereocenters. The highest BCUT2D eigenvalue weighted by atomic mass is 16.2. The van der Waals surface area contributed by atoms with E-state index in [2.05, 4.69) is 0 Å². The molecule has 0 bridgehead atoms. The number of carbonyl (C=O) groups is 2. The van der Waals surface area contributed by atoms with Crippen LogP contribution in [-0.2, 0) is 0 Å². The molecule has 1 aliphatic carbocycles. The summed E-state index contributed by atoms with van der Waals surface area (Å²) in [6.07, 6.45) is 3.80. The minimum atomic E-state index is -0.218. The molecule has 2 heterocycles. The number of piperazine rings is 1. The lowest BCUT2D eigenvalue weighted by atomic mass is 10.1. The molecule has 0 aromatic carbocycles. The Morgan fingerprint density at radius 2 is 1.67 bits per heavy atom. The van der Waals surface area contributed by atoms with Crippen LogP contribution >= 0.6 is 0 Å². The molecule has 3 amide bonds. The minimum Gasteiger partial charge on any atom is -0.335 e. The summed E-state index contributed by atoms with van der Waals surface area (Å²) in [5.41, 5.74) is 0.805. The molecule has 3 rings (SSSR count). The number of hydrogen-bond donors (Lipinski definition) is 0. The van der Waals surface area contributed by atoms with Crippen LogP contribution in [0.2, 0.25) is 0 Å². The summed E-state index contributed by atoms with van der Waals surface area (Å²) in [4.78, 5) is 42.4. The highest BCUT2D eigenvalue weighted by Crippen LogP contribution is 2.33. The van der Waals surface area contributed by atoms with Gasteiger partial charge in [0.2, 0.25) is 0 Å². The Morgan fingerprint density at radius 3 is 2.21 bits per heavy atom. The topological polar surface area (TPSA) is 65.9 Å². The molecule has 1 saturated heterocycles. The molecule has 1 aromatic heterocycles. The van der Waals surface area contributed by atoms with Crippen molar-refractivity contribution in [3.05, 3.63) is 33.7 Å². The minimum absolute atomic E-state index is 0.0471. The van der Waals surface area contributed by atoms with Crippen molar-refractivity contribution >= 4 is 11.9 Å². The van der Waals surface area contributed by atoms with Gasteiger partial charge in [-0.2, -0.15) is 0 Å². The Kier molecular flexibility index (Phi) is 4.34. The fourth-order valence-corrected chi connectivity index (χ4v) is 3.08. The molecule has 2 aliphatic rings. The van der Waals surface area contributed by atoms with E-state index in [0.29, 0.717) is 31.7 Å². The standard InChI is InChI=1S/C17H24N4O3/c1-12-6-7-21(13-4-5-13)16(23)14(12)15(22)19-8-10-20(11-9-19)17(24)18(2)3/h6-7,13H,4-5,8-11H2,1-3H3. The van der Waals surface area contributed by atoms with Gasteiger partial charge in [-0.25, -0.2) is 4.79 Å². The van der Waals surface area contributed by atoms with Gasteiger partial charge in [0, 0.05) is 52.5 Å². The number of aryl methyl sites for hydroxylation is 1. The van der Waals surface area contributed by atoms with E-state index < -0.39 is 0 Å². The Morgan fingerprint density at radius 1 is 1.08 bits per heavy atom. The molecule has 7 nitrogen and oxygen atoms in total. The third kappa shape index (κ3) is 3.02. The monoisotopic (exact) mass is 332 g/mol. The van der Waals surface area contributed by atoms with E-state index in [1.165, 1.54) is 4.90 Å². The zero-order valence-corrected chi connectivity index (χ0v) is 14.5. The predicted molar refractivity (Wildman–Crippen MR) is 90.3 cm³/mol. The first-order valence-corrected chi connectivity index (χ1v) is 8.37. The fraction of sp³-hybridized carbons (Fsp3) is 0.588. The normalized spacial score (nSPS) is 17.8. The predicted octanol–water partition coefficient (Wildman–Crippen LogP) is 0.931. The summed E-state index contributed by atoms with van der Waals surface area (Å²) in [6, 6.07) is 2.05. The van der Waals surface area contributed by atoms with Gasteiger partial charge in [-0.15, -0.1) is 0 Å².